The van der Waals surface area contributed by atoms with E-state index in [-0.39, 0.29) is 10.8 Å². The SMILES string of the molecule is CCOc1ccc2ccccc2c1C(=O)N1CCN(c2nc3c(S(C)(=O)=O)cccc3s2)CC1. The van der Waals surface area contributed by atoms with Crippen molar-refractivity contribution < 1.29 is 17.9 Å². The third-order valence-corrected chi connectivity index (χ3v) is 8.22. The molecule has 3 aromatic carbocycles. The molecule has 7 nitrogen and oxygen atoms in total. The van der Waals surface area contributed by atoms with Gasteiger partial charge in [0.25, 0.3) is 5.91 Å². The van der Waals surface area contributed by atoms with E-state index in [1.54, 1.807) is 12.1 Å². The van der Waals surface area contributed by atoms with Gasteiger partial charge in [0.1, 0.15) is 11.3 Å². The lowest BCUT2D eigenvalue weighted by molar-refractivity contribution is 0.0744. The minimum Gasteiger partial charge on any atom is -0.493 e. The molecule has 0 saturated carbocycles. The zero-order chi connectivity index (χ0) is 23.9. The van der Waals surface area contributed by atoms with E-state index in [0.29, 0.717) is 49.6 Å². The molecule has 4 aromatic rings. The highest BCUT2D eigenvalue weighted by Crippen LogP contribution is 2.34. The van der Waals surface area contributed by atoms with E-state index < -0.39 is 9.84 Å². The Labute approximate surface area is 202 Å². The van der Waals surface area contributed by atoms with Gasteiger partial charge in [0.15, 0.2) is 15.0 Å². The normalized spacial score (nSPS) is 14.6. The van der Waals surface area contributed by atoms with Crippen molar-refractivity contribution in [1.82, 2.24) is 9.88 Å². The average Bonchev–Trinajstić information content (AvgIpc) is 3.27. The van der Waals surface area contributed by atoms with Gasteiger partial charge in [0.05, 0.1) is 21.8 Å². The second-order valence-corrected chi connectivity index (χ2v) is 11.2. The summed E-state index contributed by atoms with van der Waals surface area (Å²) in [5, 5.41) is 2.67. The van der Waals surface area contributed by atoms with Crippen LogP contribution in [0.5, 0.6) is 5.75 Å². The fourth-order valence-corrected chi connectivity index (χ4v) is 6.29. The van der Waals surface area contributed by atoms with Crippen molar-refractivity contribution in [3.63, 3.8) is 0 Å². The Bertz CT molecular complexity index is 1490. The number of aromatic nitrogens is 1. The summed E-state index contributed by atoms with van der Waals surface area (Å²) >= 11 is 1.48. The van der Waals surface area contributed by atoms with Crippen LogP contribution in [0.2, 0.25) is 0 Å². The molecule has 176 valence electrons. The van der Waals surface area contributed by atoms with E-state index in [0.717, 1.165) is 20.6 Å². The predicted octanol–water partition coefficient (Wildman–Crippen LogP) is 4.21. The molecule has 0 bridgehead atoms. The summed E-state index contributed by atoms with van der Waals surface area (Å²) in [5.74, 6) is 0.566. The number of carbonyl (C=O) groups excluding carboxylic acids is 1. The number of anilines is 1. The van der Waals surface area contributed by atoms with E-state index in [9.17, 15) is 13.2 Å². The van der Waals surface area contributed by atoms with Crippen molar-refractivity contribution in [2.45, 2.75) is 11.8 Å². The second kappa shape index (κ2) is 8.88. The van der Waals surface area contributed by atoms with Crippen molar-refractivity contribution in [1.29, 1.82) is 0 Å². The number of benzene rings is 3. The molecule has 1 aliphatic rings. The van der Waals surface area contributed by atoms with Gasteiger partial charge in [-0.05, 0) is 35.9 Å². The number of nitrogens with zero attached hydrogens (tertiary/aromatic N) is 3. The molecular formula is C25H25N3O4S2. The Hall–Kier alpha value is -3.17. The number of sulfone groups is 1. The molecule has 1 amide bonds. The van der Waals surface area contributed by atoms with Gasteiger partial charge in [0, 0.05) is 32.4 Å². The molecule has 0 unspecified atom stereocenters. The van der Waals surface area contributed by atoms with Gasteiger partial charge >= 0.3 is 0 Å². The lowest BCUT2D eigenvalue weighted by Gasteiger charge is -2.35. The van der Waals surface area contributed by atoms with Gasteiger partial charge in [-0.15, -0.1) is 0 Å². The zero-order valence-corrected chi connectivity index (χ0v) is 20.7. The monoisotopic (exact) mass is 495 g/mol. The Morgan fingerprint density at radius 2 is 1.79 bits per heavy atom. The third kappa shape index (κ3) is 4.10. The van der Waals surface area contributed by atoms with Gasteiger partial charge in [-0.2, -0.15) is 0 Å². The first-order chi connectivity index (χ1) is 16.4. The molecule has 2 heterocycles. The highest BCUT2D eigenvalue weighted by Gasteiger charge is 2.27. The van der Waals surface area contributed by atoms with Crippen molar-refractivity contribution in [3.8, 4) is 5.75 Å². The largest absolute Gasteiger partial charge is 0.493 e. The lowest BCUT2D eigenvalue weighted by atomic mass is 10.0. The number of hydrogen-bond donors (Lipinski definition) is 0. The number of fused-ring (bicyclic) bond motifs is 2. The van der Waals surface area contributed by atoms with Crippen molar-refractivity contribution >= 4 is 53.2 Å². The summed E-state index contributed by atoms with van der Waals surface area (Å²) < 4.78 is 30.9. The first kappa shape index (κ1) is 22.6. The molecule has 34 heavy (non-hydrogen) atoms. The summed E-state index contributed by atoms with van der Waals surface area (Å²) in [4.78, 5) is 22.5. The van der Waals surface area contributed by atoms with Gasteiger partial charge in [-0.25, -0.2) is 13.4 Å². The van der Waals surface area contributed by atoms with Crippen LogP contribution in [0.1, 0.15) is 17.3 Å². The number of thiazole rings is 1. The Morgan fingerprint density at radius 1 is 1.03 bits per heavy atom. The van der Waals surface area contributed by atoms with Crippen molar-refractivity contribution in [3.05, 3.63) is 60.2 Å². The maximum Gasteiger partial charge on any atom is 0.258 e. The highest BCUT2D eigenvalue weighted by atomic mass is 32.2. The second-order valence-electron chi connectivity index (χ2n) is 8.24. The maximum absolute atomic E-state index is 13.6. The molecule has 0 spiro atoms. The van der Waals surface area contributed by atoms with Crippen LogP contribution in [0.15, 0.2) is 59.5 Å². The van der Waals surface area contributed by atoms with Crippen LogP contribution in [-0.2, 0) is 9.84 Å². The Kier molecular flexibility index (Phi) is 5.91. The average molecular weight is 496 g/mol. The summed E-state index contributed by atoms with van der Waals surface area (Å²) in [6.45, 7) is 4.73. The van der Waals surface area contributed by atoms with Crippen LogP contribution in [0.25, 0.3) is 21.0 Å². The highest BCUT2D eigenvalue weighted by molar-refractivity contribution is 7.91. The molecule has 5 rings (SSSR count). The van der Waals surface area contributed by atoms with Crippen LogP contribution in [0, 0.1) is 0 Å². The first-order valence-corrected chi connectivity index (χ1v) is 13.9. The van der Waals surface area contributed by atoms with Crippen LogP contribution < -0.4 is 9.64 Å². The molecule has 0 aliphatic carbocycles. The van der Waals surface area contributed by atoms with E-state index in [2.05, 4.69) is 9.88 Å². The Morgan fingerprint density at radius 3 is 2.53 bits per heavy atom. The molecule has 1 aliphatic heterocycles. The number of hydrogen-bond acceptors (Lipinski definition) is 7. The Balaban J connectivity index is 1.39. The zero-order valence-electron chi connectivity index (χ0n) is 19.0. The molecule has 1 saturated heterocycles. The molecule has 0 atom stereocenters. The van der Waals surface area contributed by atoms with Crippen molar-refractivity contribution in [2.75, 3.05) is 43.9 Å². The predicted molar refractivity (Wildman–Crippen MR) is 136 cm³/mol. The van der Waals surface area contributed by atoms with E-state index >= 15 is 0 Å². The maximum atomic E-state index is 13.6. The molecule has 1 fully saturated rings. The standard InChI is InChI=1S/C25H25N3O4S2/c1-3-32-19-12-11-17-7-4-5-8-18(17)22(19)24(29)27-13-15-28(16-14-27)25-26-23-20(33-25)9-6-10-21(23)34(2,30)31/h4-12H,3,13-16H2,1-2H3. The fraction of sp³-hybridized carbons (Fsp3) is 0.280. The van der Waals surface area contributed by atoms with Gasteiger partial charge in [-0.3, -0.25) is 4.79 Å². The van der Waals surface area contributed by atoms with E-state index in [4.69, 9.17) is 4.74 Å². The molecule has 1 aromatic heterocycles. The molecule has 0 N–H and O–H groups in total. The van der Waals surface area contributed by atoms with Gasteiger partial charge < -0.3 is 14.5 Å². The topological polar surface area (TPSA) is 79.8 Å². The van der Waals surface area contributed by atoms with Crippen LogP contribution in [-0.4, -0.2) is 63.3 Å². The third-order valence-electron chi connectivity index (χ3n) is 6.01. The van der Waals surface area contributed by atoms with Gasteiger partial charge in [0.2, 0.25) is 0 Å². The summed E-state index contributed by atoms with van der Waals surface area (Å²) in [6.07, 6.45) is 1.20. The lowest BCUT2D eigenvalue weighted by Crippen LogP contribution is -2.48. The quantitative estimate of drug-likeness (QED) is 0.413. The fourth-order valence-electron chi connectivity index (χ4n) is 4.35. The molecule has 0 radical (unpaired) electrons. The number of ether oxygens (including phenoxy) is 1. The number of amides is 1. The first-order valence-electron chi connectivity index (χ1n) is 11.1. The van der Waals surface area contributed by atoms with Gasteiger partial charge in [-0.1, -0.05) is 47.7 Å². The number of piperazine rings is 1. The number of carbonyl (C=O) groups is 1. The van der Waals surface area contributed by atoms with Crippen molar-refractivity contribution in [2.24, 2.45) is 0 Å². The molecule has 9 heteroatoms. The van der Waals surface area contributed by atoms with E-state index in [1.807, 2.05) is 54.3 Å². The van der Waals surface area contributed by atoms with Crippen LogP contribution >= 0.6 is 11.3 Å². The van der Waals surface area contributed by atoms with Crippen LogP contribution in [0.4, 0.5) is 5.13 Å². The molecular weight excluding hydrogens is 470 g/mol. The minimum atomic E-state index is -3.36. The van der Waals surface area contributed by atoms with E-state index in [1.165, 1.54) is 17.6 Å². The minimum absolute atomic E-state index is 0.0384. The summed E-state index contributed by atoms with van der Waals surface area (Å²) in [5.41, 5.74) is 1.12. The van der Waals surface area contributed by atoms with Crippen LogP contribution in [0.3, 0.4) is 0 Å². The summed E-state index contributed by atoms with van der Waals surface area (Å²) in [6, 6.07) is 16.9. The number of para-hydroxylation sites is 1. The number of rotatable bonds is 5. The smallest absolute Gasteiger partial charge is 0.258 e. The summed E-state index contributed by atoms with van der Waals surface area (Å²) in [7, 11) is -3.36.